The molecule has 3 nitrogen and oxygen atoms in total. The largest absolute Gasteiger partial charge is 0.393 e. The second-order valence-corrected chi connectivity index (χ2v) is 5.12. The molecule has 3 atom stereocenters. The van der Waals surface area contributed by atoms with Crippen LogP contribution in [0.25, 0.3) is 0 Å². The minimum Gasteiger partial charge on any atom is -0.393 e. The average molecular weight is 212 g/mol. The summed E-state index contributed by atoms with van der Waals surface area (Å²) in [6, 6.07) is 0.706. The van der Waals surface area contributed by atoms with Gasteiger partial charge in [-0.15, -0.1) is 0 Å². The molecule has 0 radical (unpaired) electrons. The first-order valence-corrected chi connectivity index (χ1v) is 6.47. The van der Waals surface area contributed by atoms with Crippen LogP contribution in [0.15, 0.2) is 0 Å². The third-order valence-electron chi connectivity index (χ3n) is 3.78. The normalized spacial score (nSPS) is 37.8. The lowest BCUT2D eigenvalue weighted by molar-refractivity contribution is 0.177. The zero-order valence-corrected chi connectivity index (χ0v) is 9.54. The summed E-state index contributed by atoms with van der Waals surface area (Å²) in [6.07, 6.45) is 7.07. The molecular formula is C12H24N2O. The number of hydrogen-bond acceptors (Lipinski definition) is 3. The molecule has 15 heavy (non-hydrogen) atoms. The SMILES string of the molecule is OC1CCC(CNC2CCCNCC2)C1. The van der Waals surface area contributed by atoms with Gasteiger partial charge in [-0.1, -0.05) is 0 Å². The van der Waals surface area contributed by atoms with Gasteiger partial charge in [-0.3, -0.25) is 0 Å². The number of aliphatic hydroxyl groups excluding tert-OH is 1. The standard InChI is InChI=1S/C12H24N2O/c15-12-4-3-10(8-12)9-14-11-2-1-6-13-7-5-11/h10-15H,1-9H2. The lowest BCUT2D eigenvalue weighted by atomic mass is 10.1. The Morgan fingerprint density at radius 3 is 2.87 bits per heavy atom. The van der Waals surface area contributed by atoms with Gasteiger partial charge in [0.2, 0.25) is 0 Å². The average Bonchev–Trinajstić information content (AvgIpc) is 2.52. The Morgan fingerprint density at radius 2 is 2.07 bits per heavy atom. The van der Waals surface area contributed by atoms with E-state index in [0.29, 0.717) is 6.04 Å². The first-order valence-electron chi connectivity index (χ1n) is 6.47. The summed E-state index contributed by atoms with van der Waals surface area (Å²) in [4.78, 5) is 0. The Morgan fingerprint density at radius 1 is 1.13 bits per heavy atom. The first kappa shape index (κ1) is 11.4. The van der Waals surface area contributed by atoms with Gasteiger partial charge >= 0.3 is 0 Å². The van der Waals surface area contributed by atoms with E-state index in [1.54, 1.807) is 0 Å². The lowest BCUT2D eigenvalue weighted by Gasteiger charge is -2.18. The fourth-order valence-corrected chi connectivity index (χ4v) is 2.79. The van der Waals surface area contributed by atoms with Crippen molar-refractivity contribution in [3.63, 3.8) is 0 Å². The number of aliphatic hydroxyl groups is 1. The van der Waals surface area contributed by atoms with E-state index >= 15 is 0 Å². The van der Waals surface area contributed by atoms with E-state index in [2.05, 4.69) is 10.6 Å². The first-order chi connectivity index (χ1) is 7.34. The Balaban J connectivity index is 1.63. The summed E-state index contributed by atoms with van der Waals surface area (Å²) >= 11 is 0. The van der Waals surface area contributed by atoms with Crippen LogP contribution in [0.4, 0.5) is 0 Å². The summed E-state index contributed by atoms with van der Waals surface area (Å²) in [5.74, 6) is 0.719. The molecule has 0 aromatic carbocycles. The molecule has 0 aromatic rings. The highest BCUT2D eigenvalue weighted by molar-refractivity contribution is 4.79. The van der Waals surface area contributed by atoms with Crippen LogP contribution in [-0.2, 0) is 0 Å². The van der Waals surface area contributed by atoms with Crippen molar-refractivity contribution in [2.75, 3.05) is 19.6 Å². The van der Waals surface area contributed by atoms with E-state index in [1.807, 2.05) is 0 Å². The molecule has 0 spiro atoms. The molecule has 1 heterocycles. The highest BCUT2D eigenvalue weighted by Gasteiger charge is 2.23. The Kier molecular flexibility index (Phi) is 4.42. The van der Waals surface area contributed by atoms with Crippen LogP contribution in [0, 0.1) is 5.92 Å². The number of nitrogens with one attached hydrogen (secondary N) is 2. The molecular weight excluding hydrogens is 188 g/mol. The van der Waals surface area contributed by atoms with Gasteiger partial charge in [0.05, 0.1) is 6.10 Å². The zero-order chi connectivity index (χ0) is 10.5. The topological polar surface area (TPSA) is 44.3 Å². The van der Waals surface area contributed by atoms with Crippen LogP contribution in [0.1, 0.15) is 38.5 Å². The van der Waals surface area contributed by atoms with Crippen LogP contribution in [-0.4, -0.2) is 36.9 Å². The second-order valence-electron chi connectivity index (χ2n) is 5.12. The lowest BCUT2D eigenvalue weighted by Crippen LogP contribution is -2.33. The van der Waals surface area contributed by atoms with Crippen molar-refractivity contribution in [2.45, 2.75) is 50.7 Å². The molecule has 0 aromatic heterocycles. The summed E-state index contributed by atoms with van der Waals surface area (Å²) < 4.78 is 0. The van der Waals surface area contributed by atoms with E-state index in [1.165, 1.54) is 32.2 Å². The van der Waals surface area contributed by atoms with Gasteiger partial charge < -0.3 is 15.7 Å². The summed E-state index contributed by atoms with van der Waals surface area (Å²) in [7, 11) is 0. The van der Waals surface area contributed by atoms with Gasteiger partial charge in [0.25, 0.3) is 0 Å². The van der Waals surface area contributed by atoms with Crippen LogP contribution >= 0.6 is 0 Å². The predicted octanol–water partition coefficient (Wildman–Crippen LogP) is 0.879. The second kappa shape index (κ2) is 5.83. The van der Waals surface area contributed by atoms with E-state index < -0.39 is 0 Å². The van der Waals surface area contributed by atoms with Crippen LogP contribution < -0.4 is 10.6 Å². The minimum atomic E-state index is -0.0207. The zero-order valence-electron chi connectivity index (χ0n) is 9.54. The van der Waals surface area contributed by atoms with E-state index in [-0.39, 0.29) is 6.10 Å². The van der Waals surface area contributed by atoms with Gasteiger partial charge in [0.15, 0.2) is 0 Å². The Bertz CT molecular complexity index is 178. The van der Waals surface area contributed by atoms with Crippen LogP contribution in [0.2, 0.25) is 0 Å². The predicted molar refractivity (Wildman–Crippen MR) is 61.9 cm³/mol. The van der Waals surface area contributed by atoms with E-state index in [9.17, 15) is 5.11 Å². The van der Waals surface area contributed by atoms with Crippen molar-refractivity contribution in [3.8, 4) is 0 Å². The monoisotopic (exact) mass is 212 g/mol. The van der Waals surface area contributed by atoms with Gasteiger partial charge in [-0.2, -0.15) is 0 Å². The van der Waals surface area contributed by atoms with Crippen LogP contribution in [0.5, 0.6) is 0 Å². The molecule has 1 saturated carbocycles. The van der Waals surface area contributed by atoms with Gasteiger partial charge in [-0.25, -0.2) is 0 Å². The molecule has 1 aliphatic carbocycles. The molecule has 3 N–H and O–H groups in total. The highest BCUT2D eigenvalue weighted by atomic mass is 16.3. The highest BCUT2D eigenvalue weighted by Crippen LogP contribution is 2.24. The molecule has 3 unspecified atom stereocenters. The number of rotatable bonds is 3. The maximum Gasteiger partial charge on any atom is 0.0543 e. The smallest absolute Gasteiger partial charge is 0.0543 e. The molecule has 0 bridgehead atoms. The summed E-state index contributed by atoms with van der Waals surface area (Å²) in [6.45, 7) is 3.45. The fraction of sp³-hybridized carbons (Fsp3) is 1.00. The van der Waals surface area contributed by atoms with Crippen molar-refractivity contribution in [3.05, 3.63) is 0 Å². The van der Waals surface area contributed by atoms with Gasteiger partial charge in [0, 0.05) is 6.04 Å². The molecule has 1 aliphatic heterocycles. The van der Waals surface area contributed by atoms with Crippen molar-refractivity contribution in [2.24, 2.45) is 5.92 Å². The van der Waals surface area contributed by atoms with E-state index in [0.717, 1.165) is 31.8 Å². The fourth-order valence-electron chi connectivity index (χ4n) is 2.79. The third-order valence-corrected chi connectivity index (χ3v) is 3.78. The molecule has 88 valence electrons. The maximum atomic E-state index is 9.44. The molecule has 3 heteroatoms. The van der Waals surface area contributed by atoms with Gasteiger partial charge in [-0.05, 0) is 64.1 Å². The van der Waals surface area contributed by atoms with Crippen molar-refractivity contribution in [1.82, 2.24) is 10.6 Å². The third kappa shape index (κ3) is 3.74. The Hall–Kier alpha value is -0.120. The van der Waals surface area contributed by atoms with Crippen molar-refractivity contribution < 1.29 is 5.11 Å². The van der Waals surface area contributed by atoms with Gasteiger partial charge in [0.1, 0.15) is 0 Å². The quantitative estimate of drug-likeness (QED) is 0.651. The van der Waals surface area contributed by atoms with E-state index in [4.69, 9.17) is 0 Å². The van der Waals surface area contributed by atoms with Crippen molar-refractivity contribution >= 4 is 0 Å². The molecule has 1 saturated heterocycles. The number of hydrogen-bond donors (Lipinski definition) is 3. The Labute approximate surface area is 92.6 Å². The summed E-state index contributed by atoms with van der Waals surface area (Å²) in [5.41, 5.74) is 0. The molecule has 2 rings (SSSR count). The molecule has 2 aliphatic rings. The molecule has 2 fully saturated rings. The molecule has 0 amide bonds. The summed E-state index contributed by atoms with van der Waals surface area (Å²) in [5, 5.41) is 16.5. The van der Waals surface area contributed by atoms with Crippen LogP contribution in [0.3, 0.4) is 0 Å². The minimum absolute atomic E-state index is 0.0207. The maximum absolute atomic E-state index is 9.44. The van der Waals surface area contributed by atoms with Crippen molar-refractivity contribution in [1.29, 1.82) is 0 Å².